The van der Waals surface area contributed by atoms with E-state index in [0.717, 1.165) is 18.6 Å². The molecule has 0 aromatic heterocycles. The summed E-state index contributed by atoms with van der Waals surface area (Å²) in [4.78, 5) is 13.4. The number of halogens is 1. The molecule has 11 heteroatoms. The fourth-order valence-electron chi connectivity index (χ4n) is 5.56. The number of ether oxygens (including phenoxy) is 3. The van der Waals surface area contributed by atoms with Crippen molar-refractivity contribution in [2.45, 2.75) is 79.1 Å². The molecule has 0 spiro atoms. The summed E-state index contributed by atoms with van der Waals surface area (Å²) in [5, 5.41) is 36.8. The number of aliphatic hydroxyl groups excluding tert-OH is 3. The van der Waals surface area contributed by atoms with Crippen LogP contribution in [0.5, 0.6) is 5.75 Å². The number of hydrogen-bond acceptors (Lipinski definition) is 9. The number of benzene rings is 1. The fourth-order valence-corrected chi connectivity index (χ4v) is 6.45. The van der Waals surface area contributed by atoms with Crippen LogP contribution in [0.4, 0.5) is 0 Å². The van der Waals surface area contributed by atoms with Gasteiger partial charge >= 0.3 is 0 Å². The van der Waals surface area contributed by atoms with Gasteiger partial charge in [-0.2, -0.15) is 0 Å². The fraction of sp³-hybridized carbons (Fsp3) is 0.720. The van der Waals surface area contributed by atoms with Gasteiger partial charge in [0.2, 0.25) is 5.91 Å². The van der Waals surface area contributed by atoms with Crippen molar-refractivity contribution in [1.82, 2.24) is 10.6 Å². The highest BCUT2D eigenvalue weighted by Crippen LogP contribution is 2.37. The number of alkyl halides is 1. The maximum atomic E-state index is 13.4. The first-order valence-electron chi connectivity index (χ1n) is 12.4. The molecule has 0 aliphatic carbocycles. The van der Waals surface area contributed by atoms with Gasteiger partial charge in [0, 0.05) is 19.1 Å². The molecule has 0 bridgehead atoms. The second-order valence-corrected chi connectivity index (χ2v) is 11.5. The second kappa shape index (κ2) is 12.2. The Morgan fingerprint density at radius 1 is 1.22 bits per heavy atom. The van der Waals surface area contributed by atoms with Crippen molar-refractivity contribution in [1.29, 1.82) is 0 Å². The summed E-state index contributed by atoms with van der Waals surface area (Å²) in [5.74, 6) is 1.02. The van der Waals surface area contributed by atoms with Crippen molar-refractivity contribution >= 4 is 29.3 Å². The van der Waals surface area contributed by atoms with Crippen LogP contribution < -0.4 is 15.4 Å². The van der Waals surface area contributed by atoms with Crippen molar-refractivity contribution in [3.63, 3.8) is 0 Å². The molecule has 4 rings (SSSR count). The number of aliphatic hydroxyl groups is 3. The quantitative estimate of drug-likeness (QED) is 0.317. The Morgan fingerprint density at radius 2 is 1.94 bits per heavy atom. The van der Waals surface area contributed by atoms with Crippen LogP contribution in [0.15, 0.2) is 24.3 Å². The smallest absolute Gasteiger partial charge is 0.240 e. The highest BCUT2D eigenvalue weighted by atomic mass is 35.5. The van der Waals surface area contributed by atoms with Crippen LogP contribution in [0, 0.1) is 5.92 Å². The van der Waals surface area contributed by atoms with Gasteiger partial charge in [0.1, 0.15) is 41.6 Å². The molecule has 5 N–H and O–H groups in total. The molecule has 0 saturated carbocycles. The van der Waals surface area contributed by atoms with E-state index in [1.54, 1.807) is 20.3 Å². The SMILES string of the molecule is COc1ccc([C@@H]2CCO[C@@H]3[C@H](CN[C@@H]3C(=O)N[C@H](C(C)Cl)C3OC(SC)[C@H](O)C(O)C3O)C2)cc1. The van der Waals surface area contributed by atoms with Gasteiger partial charge in [0.05, 0.1) is 24.6 Å². The predicted molar refractivity (Wildman–Crippen MR) is 137 cm³/mol. The van der Waals surface area contributed by atoms with Crippen LogP contribution in [0.2, 0.25) is 0 Å². The van der Waals surface area contributed by atoms with Crippen molar-refractivity contribution in [3.8, 4) is 5.75 Å². The van der Waals surface area contributed by atoms with Crippen LogP contribution in [-0.4, -0.2) is 101 Å². The van der Waals surface area contributed by atoms with E-state index in [1.807, 2.05) is 12.1 Å². The third-order valence-corrected chi connectivity index (χ3v) is 8.75. The first-order chi connectivity index (χ1) is 17.2. The molecule has 36 heavy (non-hydrogen) atoms. The highest BCUT2D eigenvalue weighted by molar-refractivity contribution is 7.99. The van der Waals surface area contributed by atoms with E-state index in [2.05, 4.69) is 22.8 Å². The molecule has 3 saturated heterocycles. The monoisotopic (exact) mass is 544 g/mol. The van der Waals surface area contributed by atoms with Crippen LogP contribution in [0.25, 0.3) is 0 Å². The molecule has 1 aromatic rings. The van der Waals surface area contributed by atoms with Gasteiger partial charge in [0.25, 0.3) is 0 Å². The number of amides is 1. The third kappa shape index (κ3) is 5.81. The molecule has 3 aliphatic heterocycles. The summed E-state index contributed by atoms with van der Waals surface area (Å²) in [6.07, 6.45) is -1.84. The van der Waals surface area contributed by atoms with E-state index in [-0.39, 0.29) is 17.9 Å². The van der Waals surface area contributed by atoms with Crippen molar-refractivity contribution in [2.24, 2.45) is 5.92 Å². The van der Waals surface area contributed by atoms with Gasteiger partial charge in [-0.15, -0.1) is 23.4 Å². The molecule has 1 aromatic carbocycles. The largest absolute Gasteiger partial charge is 0.497 e. The van der Waals surface area contributed by atoms with Crippen LogP contribution in [-0.2, 0) is 14.3 Å². The van der Waals surface area contributed by atoms with E-state index in [9.17, 15) is 20.1 Å². The minimum absolute atomic E-state index is 0.164. The maximum absolute atomic E-state index is 13.4. The Morgan fingerprint density at radius 3 is 2.58 bits per heavy atom. The van der Waals surface area contributed by atoms with Gasteiger partial charge in [-0.1, -0.05) is 12.1 Å². The number of thioether (sulfide) groups is 1. The Kier molecular flexibility index (Phi) is 9.43. The Bertz CT molecular complexity index is 876. The highest BCUT2D eigenvalue weighted by Gasteiger charge is 2.49. The summed E-state index contributed by atoms with van der Waals surface area (Å²) in [6, 6.07) is 6.75. The van der Waals surface area contributed by atoms with Crippen molar-refractivity contribution < 1.29 is 34.3 Å². The second-order valence-electron chi connectivity index (χ2n) is 9.86. The van der Waals surface area contributed by atoms with Gasteiger partial charge in [-0.25, -0.2) is 0 Å². The minimum Gasteiger partial charge on any atom is -0.497 e. The zero-order valence-corrected chi connectivity index (χ0v) is 22.3. The van der Waals surface area contributed by atoms with Crippen molar-refractivity contribution in [3.05, 3.63) is 29.8 Å². The first kappa shape index (κ1) is 27.9. The average molecular weight is 545 g/mol. The van der Waals surface area contributed by atoms with E-state index in [0.29, 0.717) is 19.1 Å². The van der Waals surface area contributed by atoms with Crippen molar-refractivity contribution in [2.75, 3.05) is 26.5 Å². The molecule has 5 unspecified atom stereocenters. The lowest BCUT2D eigenvalue weighted by Crippen LogP contribution is -2.65. The summed E-state index contributed by atoms with van der Waals surface area (Å²) in [6.45, 7) is 2.89. The van der Waals surface area contributed by atoms with Gasteiger partial charge in [0.15, 0.2) is 0 Å². The number of methoxy groups -OCH3 is 1. The molecular formula is C25H37ClN2O7S. The Hall–Kier alpha value is -1.11. The van der Waals surface area contributed by atoms with Gasteiger partial charge < -0.3 is 40.2 Å². The minimum atomic E-state index is -1.41. The van der Waals surface area contributed by atoms with E-state index >= 15 is 0 Å². The molecule has 3 heterocycles. The molecule has 11 atom stereocenters. The average Bonchev–Trinajstić information content (AvgIpc) is 3.16. The summed E-state index contributed by atoms with van der Waals surface area (Å²) >= 11 is 7.64. The topological polar surface area (TPSA) is 130 Å². The maximum Gasteiger partial charge on any atom is 0.240 e. The molecule has 3 fully saturated rings. The number of hydrogen-bond donors (Lipinski definition) is 5. The van der Waals surface area contributed by atoms with Crippen LogP contribution >= 0.6 is 23.4 Å². The lowest BCUT2D eigenvalue weighted by Gasteiger charge is -2.44. The Balaban J connectivity index is 1.43. The Labute approximate surface area is 221 Å². The summed E-state index contributed by atoms with van der Waals surface area (Å²) in [5.41, 5.74) is 0.480. The number of nitrogens with one attached hydrogen (secondary N) is 2. The molecule has 0 radical (unpaired) electrons. The van der Waals surface area contributed by atoms with Gasteiger partial charge in [-0.05, 0) is 49.6 Å². The normalized spacial score (nSPS) is 38.5. The first-order valence-corrected chi connectivity index (χ1v) is 14.1. The van der Waals surface area contributed by atoms with Gasteiger partial charge in [-0.3, -0.25) is 4.79 Å². The van der Waals surface area contributed by atoms with E-state index in [1.165, 1.54) is 17.3 Å². The summed E-state index contributed by atoms with van der Waals surface area (Å²) in [7, 11) is 1.65. The number of rotatable bonds is 7. The number of carbonyl (C=O) groups excluding carboxylic acids is 1. The van der Waals surface area contributed by atoms with E-state index < -0.39 is 47.3 Å². The van der Waals surface area contributed by atoms with E-state index in [4.69, 9.17) is 25.8 Å². The molecular weight excluding hydrogens is 508 g/mol. The zero-order chi connectivity index (χ0) is 26.0. The molecule has 202 valence electrons. The lowest BCUT2D eigenvalue weighted by molar-refractivity contribution is -0.205. The predicted octanol–water partition coefficient (Wildman–Crippen LogP) is 0.829. The third-order valence-electron chi connectivity index (χ3n) is 7.62. The molecule has 9 nitrogen and oxygen atoms in total. The number of fused-ring (bicyclic) bond motifs is 1. The van der Waals surface area contributed by atoms with Crippen LogP contribution in [0.3, 0.4) is 0 Å². The standard InChI is InChI=1S/C25H37ClN2O7S/c1-12(26)17(23-20(30)19(29)21(31)25(35-23)36-3)28-24(32)18-22-15(11-27-18)10-14(8-9-34-22)13-4-6-16(33-2)7-5-13/h4-7,12,14-15,17-23,25,27,29-31H,8-11H2,1-3H3,(H,28,32)/t12?,14-,15+,17-,18+,19?,20?,21-,22-,23?,25?/m1/s1. The molecule has 1 amide bonds. The number of carbonyl (C=O) groups is 1. The zero-order valence-electron chi connectivity index (χ0n) is 20.7. The lowest BCUT2D eigenvalue weighted by atomic mass is 9.85. The summed E-state index contributed by atoms with van der Waals surface area (Å²) < 4.78 is 17.3. The molecule has 3 aliphatic rings. The van der Waals surface area contributed by atoms with Crippen LogP contribution in [0.1, 0.15) is 31.2 Å².